The molecule has 0 atom stereocenters. The summed E-state index contributed by atoms with van der Waals surface area (Å²) in [6.07, 6.45) is 5.92. The maximum Gasteiger partial charge on any atom is 0.188 e. The van der Waals surface area contributed by atoms with Gasteiger partial charge in [-0.3, -0.25) is 5.41 Å². The lowest BCUT2D eigenvalue weighted by molar-refractivity contribution is 0.397. The van der Waals surface area contributed by atoms with Gasteiger partial charge in [0.2, 0.25) is 0 Å². The molecule has 0 saturated carbocycles. The quantitative estimate of drug-likeness (QED) is 0.170. The van der Waals surface area contributed by atoms with Gasteiger partial charge in [0, 0.05) is 25.0 Å². The van der Waals surface area contributed by atoms with Gasteiger partial charge in [0.15, 0.2) is 5.96 Å². The SMILES string of the molecule is C=C(CSc1ncccc1CCCCN(CCC)C(=N)N)c1ccc2ccccc2c1. The van der Waals surface area contributed by atoms with E-state index in [2.05, 4.69) is 67.0 Å². The van der Waals surface area contributed by atoms with Crippen molar-refractivity contribution in [3.63, 3.8) is 0 Å². The van der Waals surface area contributed by atoms with Crippen LogP contribution in [0.2, 0.25) is 0 Å². The zero-order valence-corrected chi connectivity index (χ0v) is 19.1. The summed E-state index contributed by atoms with van der Waals surface area (Å²) in [5, 5.41) is 11.3. The largest absolute Gasteiger partial charge is 0.370 e. The molecule has 0 unspecified atom stereocenters. The maximum atomic E-state index is 7.68. The van der Waals surface area contributed by atoms with E-state index in [0.717, 1.165) is 55.1 Å². The Labute approximate surface area is 190 Å². The third-order valence-corrected chi connectivity index (χ3v) is 6.48. The number of nitrogens with two attached hydrogens (primary N) is 1. The zero-order chi connectivity index (χ0) is 22.1. The van der Waals surface area contributed by atoms with Gasteiger partial charge >= 0.3 is 0 Å². The van der Waals surface area contributed by atoms with E-state index in [1.807, 2.05) is 17.2 Å². The number of aromatic nitrogens is 1. The van der Waals surface area contributed by atoms with Crippen LogP contribution in [0.5, 0.6) is 0 Å². The molecule has 0 aliphatic carbocycles. The number of nitrogens with one attached hydrogen (secondary N) is 1. The van der Waals surface area contributed by atoms with Crippen molar-refractivity contribution in [3.8, 4) is 0 Å². The smallest absolute Gasteiger partial charge is 0.188 e. The number of thioether (sulfide) groups is 1. The minimum atomic E-state index is 0.173. The summed E-state index contributed by atoms with van der Waals surface area (Å²) in [6, 6.07) is 19.1. The van der Waals surface area contributed by atoms with Crippen LogP contribution in [0.4, 0.5) is 0 Å². The lowest BCUT2D eigenvalue weighted by atomic mass is 10.0. The van der Waals surface area contributed by atoms with Gasteiger partial charge in [0.1, 0.15) is 0 Å². The summed E-state index contributed by atoms with van der Waals surface area (Å²) in [4.78, 5) is 6.57. The molecule has 1 heterocycles. The Morgan fingerprint density at radius 1 is 1.06 bits per heavy atom. The minimum Gasteiger partial charge on any atom is -0.370 e. The summed E-state index contributed by atoms with van der Waals surface area (Å²) in [5.74, 6) is 0.989. The maximum absolute atomic E-state index is 7.68. The molecule has 162 valence electrons. The highest BCUT2D eigenvalue weighted by Gasteiger charge is 2.09. The lowest BCUT2D eigenvalue weighted by Crippen LogP contribution is -2.37. The van der Waals surface area contributed by atoms with E-state index in [1.54, 1.807) is 11.8 Å². The Morgan fingerprint density at radius 3 is 2.65 bits per heavy atom. The van der Waals surface area contributed by atoms with Crippen molar-refractivity contribution in [1.82, 2.24) is 9.88 Å². The lowest BCUT2D eigenvalue weighted by Gasteiger charge is -2.21. The molecule has 3 aromatic rings. The van der Waals surface area contributed by atoms with Crippen molar-refractivity contribution >= 4 is 34.1 Å². The van der Waals surface area contributed by atoms with Crippen molar-refractivity contribution in [2.45, 2.75) is 37.6 Å². The van der Waals surface area contributed by atoms with Crippen LogP contribution in [-0.2, 0) is 6.42 Å². The fourth-order valence-electron chi connectivity index (χ4n) is 3.63. The second-order valence-corrected chi connectivity index (χ2v) is 8.72. The molecule has 5 heteroatoms. The van der Waals surface area contributed by atoms with E-state index in [9.17, 15) is 0 Å². The molecule has 0 spiro atoms. The van der Waals surface area contributed by atoms with Crippen LogP contribution in [0, 0.1) is 5.41 Å². The molecule has 1 aromatic heterocycles. The summed E-state index contributed by atoms with van der Waals surface area (Å²) >= 11 is 1.76. The van der Waals surface area contributed by atoms with Gasteiger partial charge in [-0.05, 0) is 65.3 Å². The number of rotatable bonds is 11. The monoisotopic (exact) mass is 432 g/mol. The first kappa shape index (κ1) is 22.9. The summed E-state index contributed by atoms with van der Waals surface area (Å²) in [5.41, 5.74) is 9.25. The van der Waals surface area contributed by atoms with Gasteiger partial charge in [-0.2, -0.15) is 0 Å². The summed E-state index contributed by atoms with van der Waals surface area (Å²) < 4.78 is 0. The standard InChI is InChI=1S/C26H32N4S/c1-3-16-30(26(27)28)17-7-6-10-22-12-8-15-29-25(22)31-19-20(2)23-14-13-21-9-4-5-11-24(21)18-23/h4-5,8-9,11-15,18H,2-3,6-7,10,16-17,19H2,1H3,(H3,27,28). The fourth-order valence-corrected chi connectivity index (χ4v) is 4.60. The number of nitrogens with zero attached hydrogens (tertiary/aromatic N) is 2. The van der Waals surface area contributed by atoms with Crippen LogP contribution < -0.4 is 5.73 Å². The molecule has 0 saturated heterocycles. The van der Waals surface area contributed by atoms with E-state index in [4.69, 9.17) is 11.1 Å². The molecule has 0 amide bonds. The van der Waals surface area contributed by atoms with Crippen molar-refractivity contribution in [3.05, 3.63) is 78.5 Å². The molecule has 0 fully saturated rings. The zero-order valence-electron chi connectivity index (χ0n) is 18.3. The van der Waals surface area contributed by atoms with E-state index in [0.29, 0.717) is 0 Å². The molecule has 4 nitrogen and oxygen atoms in total. The van der Waals surface area contributed by atoms with Crippen LogP contribution in [0.15, 0.2) is 72.4 Å². The van der Waals surface area contributed by atoms with Crippen molar-refractivity contribution < 1.29 is 0 Å². The van der Waals surface area contributed by atoms with Gasteiger partial charge in [-0.1, -0.05) is 56.0 Å². The van der Waals surface area contributed by atoms with E-state index >= 15 is 0 Å². The highest BCUT2D eigenvalue weighted by atomic mass is 32.2. The number of pyridine rings is 1. The van der Waals surface area contributed by atoms with Crippen LogP contribution in [0.25, 0.3) is 16.3 Å². The van der Waals surface area contributed by atoms with Crippen LogP contribution in [0.3, 0.4) is 0 Å². The molecular weight excluding hydrogens is 400 g/mol. The predicted octanol–water partition coefficient (Wildman–Crippen LogP) is 5.97. The van der Waals surface area contributed by atoms with E-state index in [-0.39, 0.29) is 5.96 Å². The number of aryl methyl sites for hydroxylation is 1. The van der Waals surface area contributed by atoms with Crippen LogP contribution >= 0.6 is 11.8 Å². The van der Waals surface area contributed by atoms with Gasteiger partial charge in [-0.25, -0.2) is 4.98 Å². The van der Waals surface area contributed by atoms with Crippen molar-refractivity contribution in [1.29, 1.82) is 5.41 Å². The normalized spacial score (nSPS) is 10.9. The van der Waals surface area contributed by atoms with Crippen molar-refractivity contribution in [2.24, 2.45) is 5.73 Å². The first-order valence-electron chi connectivity index (χ1n) is 10.9. The molecule has 0 radical (unpaired) electrons. The van der Waals surface area contributed by atoms with Crippen molar-refractivity contribution in [2.75, 3.05) is 18.8 Å². The second kappa shape index (κ2) is 11.6. The number of unbranched alkanes of at least 4 members (excludes halogenated alkanes) is 1. The average molecular weight is 433 g/mol. The molecule has 0 aliphatic rings. The molecule has 3 rings (SSSR count). The van der Waals surface area contributed by atoms with Crippen LogP contribution in [0.1, 0.15) is 37.3 Å². The second-order valence-electron chi connectivity index (χ2n) is 7.75. The van der Waals surface area contributed by atoms with Crippen LogP contribution in [-0.4, -0.2) is 34.7 Å². The molecule has 0 bridgehead atoms. The third-order valence-electron chi connectivity index (χ3n) is 5.35. The number of hydrogen-bond donors (Lipinski definition) is 2. The molecule has 31 heavy (non-hydrogen) atoms. The van der Waals surface area contributed by atoms with Gasteiger partial charge in [-0.15, -0.1) is 11.8 Å². The Hall–Kier alpha value is -2.79. The predicted molar refractivity (Wildman–Crippen MR) is 135 cm³/mol. The average Bonchev–Trinajstić information content (AvgIpc) is 2.79. The Kier molecular flexibility index (Phi) is 8.53. The highest BCUT2D eigenvalue weighted by molar-refractivity contribution is 7.99. The van der Waals surface area contributed by atoms with E-state index < -0.39 is 0 Å². The Bertz CT molecular complexity index is 1030. The summed E-state index contributed by atoms with van der Waals surface area (Å²) in [6.45, 7) is 8.12. The molecular formula is C26H32N4S. The topological polar surface area (TPSA) is 66.0 Å². The summed E-state index contributed by atoms with van der Waals surface area (Å²) in [7, 11) is 0. The van der Waals surface area contributed by atoms with Gasteiger partial charge in [0.05, 0.1) is 5.03 Å². The number of guanidine groups is 1. The third kappa shape index (κ3) is 6.59. The Balaban J connectivity index is 1.55. The molecule has 0 aliphatic heterocycles. The fraction of sp³-hybridized carbons (Fsp3) is 0.308. The minimum absolute atomic E-state index is 0.173. The van der Waals surface area contributed by atoms with Gasteiger partial charge in [0.25, 0.3) is 0 Å². The van der Waals surface area contributed by atoms with E-state index in [1.165, 1.54) is 21.9 Å². The Morgan fingerprint density at radius 2 is 1.87 bits per heavy atom. The highest BCUT2D eigenvalue weighted by Crippen LogP contribution is 2.28. The molecule has 2 aromatic carbocycles. The first-order chi connectivity index (χ1) is 15.1. The first-order valence-corrected chi connectivity index (χ1v) is 11.9. The number of fused-ring (bicyclic) bond motifs is 1. The molecule has 3 N–H and O–H groups in total. The number of hydrogen-bond acceptors (Lipinski definition) is 3. The number of benzene rings is 2. The van der Waals surface area contributed by atoms with Gasteiger partial charge < -0.3 is 10.6 Å².